The van der Waals surface area contributed by atoms with Gasteiger partial charge in [0.25, 0.3) is 11.6 Å². The van der Waals surface area contributed by atoms with Crippen molar-refractivity contribution < 1.29 is 14.1 Å². The molecule has 104 valence electrons. The molecule has 19 heavy (non-hydrogen) atoms. The minimum atomic E-state index is -0.894. The van der Waals surface area contributed by atoms with Gasteiger partial charge in [0, 0.05) is 12.3 Å². The SMILES string of the molecule is CSCCNC(=O)c1cc(NN)c(F)cc1[N+](=O)[O-]. The molecule has 1 rings (SSSR count). The van der Waals surface area contributed by atoms with Gasteiger partial charge in [-0.15, -0.1) is 0 Å². The molecule has 1 aromatic carbocycles. The third-order valence-corrected chi connectivity index (χ3v) is 2.89. The average Bonchev–Trinajstić information content (AvgIpc) is 2.38. The number of carbonyl (C=O) groups is 1. The topological polar surface area (TPSA) is 110 Å². The van der Waals surface area contributed by atoms with Gasteiger partial charge in [0.15, 0.2) is 5.82 Å². The highest BCUT2D eigenvalue weighted by Gasteiger charge is 2.23. The first-order valence-corrected chi connectivity index (χ1v) is 6.62. The van der Waals surface area contributed by atoms with E-state index in [2.05, 4.69) is 5.32 Å². The fourth-order valence-corrected chi connectivity index (χ4v) is 1.67. The normalized spacial score (nSPS) is 10.1. The predicted molar refractivity (Wildman–Crippen MR) is 71.6 cm³/mol. The number of amides is 1. The lowest BCUT2D eigenvalue weighted by atomic mass is 10.1. The van der Waals surface area contributed by atoms with Gasteiger partial charge in [0.05, 0.1) is 16.7 Å². The fraction of sp³-hybridized carbons (Fsp3) is 0.300. The zero-order valence-corrected chi connectivity index (χ0v) is 10.9. The van der Waals surface area contributed by atoms with Crippen LogP contribution in [0.1, 0.15) is 10.4 Å². The molecule has 0 fully saturated rings. The van der Waals surface area contributed by atoms with E-state index in [-0.39, 0.29) is 11.3 Å². The highest BCUT2D eigenvalue weighted by molar-refractivity contribution is 7.98. The van der Waals surface area contributed by atoms with E-state index in [0.717, 1.165) is 6.07 Å². The molecule has 0 aliphatic carbocycles. The van der Waals surface area contributed by atoms with Crippen molar-refractivity contribution in [2.24, 2.45) is 5.84 Å². The van der Waals surface area contributed by atoms with E-state index in [4.69, 9.17) is 5.84 Å². The van der Waals surface area contributed by atoms with Gasteiger partial charge in [0.2, 0.25) is 0 Å². The maximum absolute atomic E-state index is 13.4. The third-order valence-electron chi connectivity index (χ3n) is 2.27. The second-order valence-electron chi connectivity index (χ2n) is 3.50. The van der Waals surface area contributed by atoms with Crippen molar-refractivity contribution in [1.82, 2.24) is 5.32 Å². The Kier molecular flexibility index (Phi) is 5.52. The van der Waals surface area contributed by atoms with Crippen LogP contribution in [0.5, 0.6) is 0 Å². The summed E-state index contributed by atoms with van der Waals surface area (Å²) in [6.45, 7) is 0.361. The lowest BCUT2D eigenvalue weighted by Gasteiger charge is -2.08. The second-order valence-corrected chi connectivity index (χ2v) is 4.48. The molecular formula is C10H13FN4O3S. The lowest BCUT2D eigenvalue weighted by molar-refractivity contribution is -0.385. The number of hydrogen-bond donors (Lipinski definition) is 3. The zero-order valence-electron chi connectivity index (χ0n) is 10.1. The minimum Gasteiger partial charge on any atom is -0.351 e. The van der Waals surface area contributed by atoms with Gasteiger partial charge in [-0.05, 0) is 12.3 Å². The Morgan fingerprint density at radius 2 is 2.26 bits per heavy atom. The summed E-state index contributed by atoms with van der Waals surface area (Å²) in [6.07, 6.45) is 1.86. The van der Waals surface area contributed by atoms with E-state index in [1.807, 2.05) is 11.7 Å². The van der Waals surface area contributed by atoms with Crippen LogP contribution in [0, 0.1) is 15.9 Å². The molecular weight excluding hydrogens is 275 g/mol. The van der Waals surface area contributed by atoms with Crippen molar-refractivity contribution in [3.8, 4) is 0 Å². The number of hydrazine groups is 1. The van der Waals surface area contributed by atoms with Crippen LogP contribution in [0.2, 0.25) is 0 Å². The van der Waals surface area contributed by atoms with Crippen LogP contribution in [-0.4, -0.2) is 29.4 Å². The number of halogens is 1. The van der Waals surface area contributed by atoms with E-state index in [9.17, 15) is 19.3 Å². The number of nitrogens with zero attached hydrogens (tertiary/aromatic N) is 1. The van der Waals surface area contributed by atoms with E-state index in [1.165, 1.54) is 11.8 Å². The molecule has 0 radical (unpaired) electrons. The number of thioether (sulfide) groups is 1. The number of carbonyl (C=O) groups excluding carboxylic acids is 1. The number of hydrogen-bond acceptors (Lipinski definition) is 6. The molecule has 0 atom stereocenters. The molecule has 0 aromatic heterocycles. The molecule has 7 nitrogen and oxygen atoms in total. The number of anilines is 1. The van der Waals surface area contributed by atoms with Gasteiger partial charge in [-0.3, -0.25) is 20.8 Å². The van der Waals surface area contributed by atoms with Crippen LogP contribution in [-0.2, 0) is 0 Å². The summed E-state index contributed by atoms with van der Waals surface area (Å²) in [7, 11) is 0. The number of nitrogen functional groups attached to an aromatic ring is 1. The fourth-order valence-electron chi connectivity index (χ4n) is 1.37. The van der Waals surface area contributed by atoms with E-state index < -0.39 is 22.3 Å². The van der Waals surface area contributed by atoms with E-state index in [0.29, 0.717) is 18.4 Å². The number of nitrogens with two attached hydrogens (primary N) is 1. The molecule has 0 unspecified atom stereocenters. The van der Waals surface area contributed by atoms with Crippen molar-refractivity contribution in [2.45, 2.75) is 0 Å². The number of rotatable bonds is 6. The Hall–Kier alpha value is -1.87. The number of nitrogens with one attached hydrogen (secondary N) is 2. The van der Waals surface area contributed by atoms with Crippen LogP contribution >= 0.6 is 11.8 Å². The van der Waals surface area contributed by atoms with E-state index >= 15 is 0 Å². The summed E-state index contributed by atoms with van der Waals surface area (Å²) in [5, 5.41) is 13.3. The Morgan fingerprint density at radius 3 is 2.79 bits per heavy atom. The number of nitro benzene ring substituents is 1. The van der Waals surface area contributed by atoms with Gasteiger partial charge in [-0.25, -0.2) is 4.39 Å². The smallest absolute Gasteiger partial charge is 0.285 e. The van der Waals surface area contributed by atoms with Crippen molar-refractivity contribution >= 4 is 29.0 Å². The number of nitro groups is 1. The van der Waals surface area contributed by atoms with Gasteiger partial charge < -0.3 is 10.7 Å². The van der Waals surface area contributed by atoms with Gasteiger partial charge in [-0.1, -0.05) is 0 Å². The minimum absolute atomic E-state index is 0.180. The van der Waals surface area contributed by atoms with Crippen molar-refractivity contribution in [3.05, 3.63) is 33.6 Å². The van der Waals surface area contributed by atoms with Crippen LogP contribution in [0.25, 0.3) is 0 Å². The summed E-state index contributed by atoms with van der Waals surface area (Å²) in [4.78, 5) is 21.8. The molecule has 1 amide bonds. The predicted octanol–water partition coefficient (Wildman–Crippen LogP) is 1.11. The van der Waals surface area contributed by atoms with Gasteiger partial charge in [0.1, 0.15) is 5.56 Å². The second kappa shape index (κ2) is 6.90. The number of benzene rings is 1. The first-order chi connectivity index (χ1) is 9.01. The Morgan fingerprint density at radius 1 is 1.58 bits per heavy atom. The van der Waals surface area contributed by atoms with Gasteiger partial charge >= 0.3 is 0 Å². The molecule has 0 bridgehead atoms. The summed E-state index contributed by atoms with van der Waals surface area (Å²) in [6, 6.07) is 1.68. The molecule has 0 aliphatic heterocycles. The standard InChI is InChI=1S/C10H13FN4O3S/c1-19-3-2-13-10(16)6-4-8(14-12)7(11)5-9(6)15(17)18/h4-5,14H,2-3,12H2,1H3,(H,13,16). The highest BCUT2D eigenvalue weighted by atomic mass is 32.2. The molecule has 9 heteroatoms. The maximum atomic E-state index is 13.4. The van der Waals surface area contributed by atoms with Crippen molar-refractivity contribution in [3.63, 3.8) is 0 Å². The molecule has 0 heterocycles. The first-order valence-electron chi connectivity index (χ1n) is 5.23. The summed E-state index contributed by atoms with van der Waals surface area (Å²) >= 11 is 1.52. The highest BCUT2D eigenvalue weighted by Crippen LogP contribution is 2.25. The largest absolute Gasteiger partial charge is 0.351 e. The third kappa shape index (κ3) is 3.80. The molecule has 0 spiro atoms. The Labute approximate surface area is 112 Å². The summed E-state index contributed by atoms with van der Waals surface area (Å²) in [5.74, 6) is 4.21. The van der Waals surface area contributed by atoms with Crippen LogP contribution in [0.4, 0.5) is 15.8 Å². The summed E-state index contributed by atoms with van der Waals surface area (Å²) < 4.78 is 13.4. The maximum Gasteiger partial charge on any atom is 0.285 e. The average molecular weight is 288 g/mol. The first kappa shape index (κ1) is 15.2. The molecule has 4 N–H and O–H groups in total. The van der Waals surface area contributed by atoms with Crippen LogP contribution in [0.15, 0.2) is 12.1 Å². The van der Waals surface area contributed by atoms with Crippen LogP contribution in [0.3, 0.4) is 0 Å². The monoisotopic (exact) mass is 288 g/mol. The molecule has 0 aliphatic rings. The van der Waals surface area contributed by atoms with Crippen LogP contribution < -0.4 is 16.6 Å². The van der Waals surface area contributed by atoms with Crippen molar-refractivity contribution in [1.29, 1.82) is 0 Å². The van der Waals surface area contributed by atoms with E-state index in [1.54, 1.807) is 0 Å². The molecule has 0 saturated carbocycles. The van der Waals surface area contributed by atoms with Gasteiger partial charge in [-0.2, -0.15) is 11.8 Å². The van der Waals surface area contributed by atoms with Crippen molar-refractivity contribution in [2.75, 3.05) is 24.0 Å². The zero-order chi connectivity index (χ0) is 14.4. The molecule has 1 aromatic rings. The Bertz CT molecular complexity index is 498. The lowest BCUT2D eigenvalue weighted by Crippen LogP contribution is -2.26. The molecule has 0 saturated heterocycles. The summed E-state index contributed by atoms with van der Waals surface area (Å²) in [5.41, 5.74) is 1.03. The Balaban J connectivity index is 3.09. The quantitative estimate of drug-likeness (QED) is 0.313.